The summed E-state index contributed by atoms with van der Waals surface area (Å²) in [5, 5.41) is 3.56. The van der Waals surface area contributed by atoms with Crippen LogP contribution < -0.4 is 5.32 Å². The van der Waals surface area contributed by atoms with Crippen LogP contribution in [0.4, 0.5) is 0 Å². The first-order chi connectivity index (χ1) is 9.20. The fourth-order valence-electron chi connectivity index (χ4n) is 3.27. The molecule has 2 saturated heterocycles. The molecule has 0 spiro atoms. The standard InChI is InChI=1S/C15H29N3O/c1-3-17-9-6-7-14(8-12-17)16-13(2)15(19)18-10-4-5-11-18/h13-14,16H,3-12H2,1-2H3. The molecule has 0 saturated carbocycles. The lowest BCUT2D eigenvalue weighted by molar-refractivity contribution is -0.132. The molecule has 1 amide bonds. The number of carbonyl (C=O) groups is 1. The Morgan fingerprint density at radius 3 is 2.58 bits per heavy atom. The molecule has 0 aromatic heterocycles. The van der Waals surface area contributed by atoms with Gasteiger partial charge in [-0.15, -0.1) is 0 Å². The minimum Gasteiger partial charge on any atom is -0.341 e. The van der Waals surface area contributed by atoms with E-state index < -0.39 is 0 Å². The average Bonchev–Trinajstić information content (AvgIpc) is 2.86. The highest BCUT2D eigenvalue weighted by Gasteiger charge is 2.25. The van der Waals surface area contributed by atoms with Crippen molar-refractivity contribution in [1.29, 1.82) is 0 Å². The Morgan fingerprint density at radius 1 is 1.16 bits per heavy atom. The van der Waals surface area contributed by atoms with E-state index in [4.69, 9.17) is 0 Å². The fourth-order valence-corrected chi connectivity index (χ4v) is 3.27. The van der Waals surface area contributed by atoms with Crippen LogP contribution in [-0.2, 0) is 4.79 Å². The summed E-state index contributed by atoms with van der Waals surface area (Å²) < 4.78 is 0. The molecule has 4 heteroatoms. The quantitative estimate of drug-likeness (QED) is 0.837. The molecule has 2 rings (SSSR count). The summed E-state index contributed by atoms with van der Waals surface area (Å²) in [5.41, 5.74) is 0. The zero-order valence-corrected chi connectivity index (χ0v) is 12.5. The van der Waals surface area contributed by atoms with Gasteiger partial charge < -0.3 is 15.1 Å². The van der Waals surface area contributed by atoms with Gasteiger partial charge in [0.15, 0.2) is 0 Å². The summed E-state index contributed by atoms with van der Waals surface area (Å²) in [6, 6.07) is 0.495. The zero-order valence-electron chi connectivity index (χ0n) is 12.5. The molecule has 2 fully saturated rings. The molecule has 110 valence electrons. The molecule has 1 N–H and O–H groups in total. The molecule has 2 aliphatic rings. The second-order valence-electron chi connectivity index (χ2n) is 5.98. The largest absolute Gasteiger partial charge is 0.341 e. The van der Waals surface area contributed by atoms with E-state index in [-0.39, 0.29) is 6.04 Å². The van der Waals surface area contributed by atoms with E-state index in [1.807, 2.05) is 11.8 Å². The lowest BCUT2D eigenvalue weighted by Gasteiger charge is -2.25. The van der Waals surface area contributed by atoms with Crippen LogP contribution in [0.25, 0.3) is 0 Å². The summed E-state index contributed by atoms with van der Waals surface area (Å²) in [4.78, 5) is 16.8. The van der Waals surface area contributed by atoms with Crippen molar-refractivity contribution in [2.45, 2.75) is 58.0 Å². The monoisotopic (exact) mass is 267 g/mol. The van der Waals surface area contributed by atoms with E-state index in [2.05, 4.69) is 17.1 Å². The van der Waals surface area contributed by atoms with Crippen molar-refractivity contribution in [1.82, 2.24) is 15.1 Å². The van der Waals surface area contributed by atoms with E-state index in [0.717, 1.165) is 19.6 Å². The van der Waals surface area contributed by atoms with E-state index in [0.29, 0.717) is 11.9 Å². The molecule has 2 atom stereocenters. The van der Waals surface area contributed by atoms with Crippen LogP contribution in [0, 0.1) is 0 Å². The number of hydrogen-bond acceptors (Lipinski definition) is 3. The molecule has 0 bridgehead atoms. The minimum absolute atomic E-state index is 0.0173. The van der Waals surface area contributed by atoms with E-state index >= 15 is 0 Å². The van der Waals surface area contributed by atoms with Gasteiger partial charge in [-0.05, 0) is 58.7 Å². The van der Waals surface area contributed by atoms with Crippen molar-refractivity contribution in [2.24, 2.45) is 0 Å². The van der Waals surface area contributed by atoms with Crippen LogP contribution in [0.1, 0.15) is 46.0 Å². The molecule has 2 unspecified atom stereocenters. The van der Waals surface area contributed by atoms with Crippen LogP contribution in [0.5, 0.6) is 0 Å². The van der Waals surface area contributed by atoms with Gasteiger partial charge in [-0.2, -0.15) is 0 Å². The van der Waals surface area contributed by atoms with Crippen molar-refractivity contribution in [2.75, 3.05) is 32.7 Å². The predicted octanol–water partition coefficient (Wildman–Crippen LogP) is 1.46. The Kier molecular flexibility index (Phi) is 5.64. The smallest absolute Gasteiger partial charge is 0.239 e. The summed E-state index contributed by atoms with van der Waals surface area (Å²) in [6.45, 7) is 9.70. The third kappa shape index (κ3) is 4.18. The minimum atomic E-state index is -0.0173. The number of amides is 1. The molecular weight excluding hydrogens is 238 g/mol. The van der Waals surface area contributed by atoms with E-state index in [1.54, 1.807) is 0 Å². The molecule has 0 aliphatic carbocycles. The Bertz CT molecular complexity index is 289. The topological polar surface area (TPSA) is 35.6 Å². The van der Waals surface area contributed by atoms with Gasteiger partial charge in [-0.25, -0.2) is 0 Å². The van der Waals surface area contributed by atoms with Crippen LogP contribution in [0.3, 0.4) is 0 Å². The highest BCUT2D eigenvalue weighted by Crippen LogP contribution is 2.13. The first-order valence-corrected chi connectivity index (χ1v) is 7.98. The molecule has 0 aromatic rings. The van der Waals surface area contributed by atoms with Crippen molar-refractivity contribution in [3.05, 3.63) is 0 Å². The fraction of sp³-hybridized carbons (Fsp3) is 0.933. The number of likely N-dealkylation sites (tertiary alicyclic amines) is 2. The number of carbonyl (C=O) groups excluding carboxylic acids is 1. The van der Waals surface area contributed by atoms with E-state index in [1.165, 1.54) is 45.2 Å². The van der Waals surface area contributed by atoms with E-state index in [9.17, 15) is 4.79 Å². The second-order valence-corrected chi connectivity index (χ2v) is 5.98. The molecule has 0 radical (unpaired) electrons. The molecule has 2 aliphatic heterocycles. The maximum Gasteiger partial charge on any atom is 0.239 e. The molecule has 2 heterocycles. The lowest BCUT2D eigenvalue weighted by atomic mass is 10.1. The van der Waals surface area contributed by atoms with Gasteiger partial charge in [0, 0.05) is 19.1 Å². The predicted molar refractivity (Wildman–Crippen MR) is 78.2 cm³/mol. The first kappa shape index (κ1) is 14.8. The normalized spacial score (nSPS) is 27.3. The Morgan fingerprint density at radius 2 is 1.89 bits per heavy atom. The van der Waals surface area contributed by atoms with Gasteiger partial charge >= 0.3 is 0 Å². The van der Waals surface area contributed by atoms with Gasteiger partial charge in [0.05, 0.1) is 6.04 Å². The van der Waals surface area contributed by atoms with Crippen molar-refractivity contribution in [3.63, 3.8) is 0 Å². The number of rotatable bonds is 4. The summed E-state index contributed by atoms with van der Waals surface area (Å²) in [5.74, 6) is 0.300. The molecule has 19 heavy (non-hydrogen) atoms. The van der Waals surface area contributed by atoms with Crippen molar-refractivity contribution >= 4 is 5.91 Å². The molecule has 0 aromatic carbocycles. The SMILES string of the molecule is CCN1CCCC(NC(C)C(=O)N2CCCC2)CC1. The summed E-state index contributed by atoms with van der Waals surface area (Å²) in [6.07, 6.45) is 5.97. The number of hydrogen-bond donors (Lipinski definition) is 1. The van der Waals surface area contributed by atoms with Crippen LogP contribution >= 0.6 is 0 Å². The van der Waals surface area contributed by atoms with Gasteiger partial charge in [-0.1, -0.05) is 6.92 Å². The third-order valence-electron chi connectivity index (χ3n) is 4.54. The summed E-state index contributed by atoms with van der Waals surface area (Å²) in [7, 11) is 0. The Labute approximate surface area is 117 Å². The molecule has 4 nitrogen and oxygen atoms in total. The van der Waals surface area contributed by atoms with Crippen LogP contribution in [0.15, 0.2) is 0 Å². The number of nitrogens with one attached hydrogen (secondary N) is 1. The molecular formula is C15H29N3O. The van der Waals surface area contributed by atoms with Gasteiger partial charge in [-0.3, -0.25) is 4.79 Å². The lowest BCUT2D eigenvalue weighted by Crippen LogP contribution is -2.47. The van der Waals surface area contributed by atoms with Crippen molar-refractivity contribution < 1.29 is 4.79 Å². The maximum absolute atomic E-state index is 12.3. The van der Waals surface area contributed by atoms with Gasteiger partial charge in [0.2, 0.25) is 5.91 Å². The van der Waals surface area contributed by atoms with Gasteiger partial charge in [0.1, 0.15) is 0 Å². The van der Waals surface area contributed by atoms with Crippen molar-refractivity contribution in [3.8, 4) is 0 Å². The Balaban J connectivity index is 1.77. The Hall–Kier alpha value is -0.610. The van der Waals surface area contributed by atoms with Gasteiger partial charge in [0.25, 0.3) is 0 Å². The third-order valence-corrected chi connectivity index (χ3v) is 4.54. The average molecular weight is 267 g/mol. The van der Waals surface area contributed by atoms with Crippen LogP contribution in [0.2, 0.25) is 0 Å². The highest BCUT2D eigenvalue weighted by molar-refractivity contribution is 5.81. The van der Waals surface area contributed by atoms with Crippen LogP contribution in [-0.4, -0.2) is 60.5 Å². The maximum atomic E-state index is 12.3. The zero-order chi connectivity index (χ0) is 13.7. The first-order valence-electron chi connectivity index (χ1n) is 7.98. The summed E-state index contributed by atoms with van der Waals surface area (Å²) >= 11 is 0. The second kappa shape index (κ2) is 7.25. The number of nitrogens with zero attached hydrogens (tertiary/aromatic N) is 2. The highest BCUT2D eigenvalue weighted by atomic mass is 16.2.